The molecule has 1 radical (unpaired) electrons. The van der Waals surface area contributed by atoms with Crippen LogP contribution in [0.15, 0.2) is 132 Å². The SMILES string of the molecule is Fc1ccc[c-]c1-c1ccccn1.[2H]C([2H])([2H])c1ccc2c(n1)oc1c(-c3nc4ccccc4n3-c3c(C(C)C)cc(-c4ccc([Si](C)(C)C)cc4)cc3C(C)C)[c-]ccc12.[Ir]. The molecule has 0 fully saturated rings. The number of hydrogen-bond acceptors (Lipinski definition) is 4. The number of benzene rings is 5. The fourth-order valence-corrected chi connectivity index (χ4v) is 8.65. The largest absolute Gasteiger partial charge is 0.486 e. The fraction of sp³-hybridized carbons (Fsp3) is 0.196. The number of fused-ring (bicyclic) bond motifs is 4. The molecule has 0 amide bonds. The van der Waals surface area contributed by atoms with Gasteiger partial charge in [0.1, 0.15) is 0 Å². The van der Waals surface area contributed by atoms with Gasteiger partial charge < -0.3 is 14.0 Å². The van der Waals surface area contributed by atoms with Crippen molar-refractivity contribution in [1.29, 1.82) is 0 Å². The third-order valence-electron chi connectivity index (χ3n) is 10.5. The molecule has 8 heteroatoms. The molecule has 0 bridgehead atoms. The van der Waals surface area contributed by atoms with Crippen molar-refractivity contribution in [2.45, 2.75) is 66.0 Å². The number of hydrogen-bond donors (Lipinski definition) is 0. The molecule has 0 saturated heterocycles. The van der Waals surface area contributed by atoms with E-state index in [2.05, 4.69) is 123 Å². The number of aromatic nitrogens is 4. The molecule has 0 atom stereocenters. The molecular formula is C51H47FIrN4OSi-2. The van der Waals surface area contributed by atoms with Crippen LogP contribution in [0.25, 0.3) is 72.6 Å². The summed E-state index contributed by atoms with van der Waals surface area (Å²) < 4.78 is 45.5. The van der Waals surface area contributed by atoms with Gasteiger partial charge in [-0.25, -0.2) is 4.98 Å². The van der Waals surface area contributed by atoms with Crippen molar-refractivity contribution in [2.24, 2.45) is 0 Å². The normalized spacial score (nSPS) is 12.6. The Bertz CT molecular complexity index is 3000. The number of rotatable bonds is 7. The van der Waals surface area contributed by atoms with Crippen molar-refractivity contribution in [3.8, 4) is 39.5 Å². The second-order valence-corrected chi connectivity index (χ2v) is 21.3. The Morgan fingerprint density at radius 2 is 1.44 bits per heavy atom. The van der Waals surface area contributed by atoms with E-state index in [1.165, 1.54) is 33.5 Å². The van der Waals surface area contributed by atoms with E-state index in [0.29, 0.717) is 28.2 Å². The molecule has 4 heterocycles. The summed E-state index contributed by atoms with van der Waals surface area (Å²) in [6.07, 6.45) is 1.63. The van der Waals surface area contributed by atoms with E-state index < -0.39 is 14.9 Å². The average Bonchev–Trinajstić information content (AvgIpc) is 3.82. The number of nitrogens with zero attached hydrogens (tertiary/aromatic N) is 4. The fourth-order valence-electron chi connectivity index (χ4n) is 7.48. The van der Waals surface area contributed by atoms with Crippen LogP contribution in [0.2, 0.25) is 19.6 Å². The van der Waals surface area contributed by atoms with Gasteiger partial charge >= 0.3 is 0 Å². The first kappa shape index (κ1) is 37.7. The van der Waals surface area contributed by atoms with Crippen LogP contribution in [0.3, 0.4) is 0 Å². The van der Waals surface area contributed by atoms with Crippen LogP contribution < -0.4 is 5.19 Å². The van der Waals surface area contributed by atoms with Crippen molar-refractivity contribution in [1.82, 2.24) is 19.5 Å². The Morgan fingerprint density at radius 3 is 2.10 bits per heavy atom. The van der Waals surface area contributed by atoms with E-state index in [-0.39, 0.29) is 49.2 Å². The van der Waals surface area contributed by atoms with E-state index in [9.17, 15) is 4.39 Å². The minimum Gasteiger partial charge on any atom is -0.486 e. The zero-order valence-electron chi connectivity index (χ0n) is 37.2. The van der Waals surface area contributed by atoms with Crippen LogP contribution in [0, 0.1) is 24.8 Å². The van der Waals surface area contributed by atoms with Gasteiger partial charge in [0.05, 0.1) is 30.5 Å². The predicted octanol–water partition coefficient (Wildman–Crippen LogP) is 13.2. The molecule has 0 aliphatic carbocycles. The minimum absolute atomic E-state index is 0. The van der Waals surface area contributed by atoms with Gasteiger partial charge in [0.15, 0.2) is 0 Å². The number of halogens is 1. The maximum absolute atomic E-state index is 13.2. The summed E-state index contributed by atoms with van der Waals surface area (Å²) in [5, 5.41) is 3.05. The number of para-hydroxylation sites is 2. The minimum atomic E-state index is -2.33. The standard InChI is InChI=1S/C40H40N3OSi.C11H7FN.Ir/c1-24(2)33-22-28(27-17-19-29(20-18-27)45(6,7)8)23-34(25(3)4)37(33)43-36-15-10-9-14-35(36)42-39(43)32-13-11-12-30-31-21-16-26(5)41-40(31)44-38(30)32;12-10-6-2-1-5-9(10)11-7-3-4-8-13-11;/h9-12,14-25H,1-8H3;1-4,6-8H;/q2*-1;/i5D3;;. The first-order valence-electron chi connectivity index (χ1n) is 21.2. The summed E-state index contributed by atoms with van der Waals surface area (Å²) >= 11 is 0. The van der Waals surface area contributed by atoms with Crippen molar-refractivity contribution in [2.75, 3.05) is 0 Å². The molecule has 0 aliphatic heterocycles. The van der Waals surface area contributed by atoms with Crippen LogP contribution >= 0.6 is 0 Å². The number of aryl methyl sites for hydroxylation is 1. The maximum Gasteiger partial charge on any atom is 0.216 e. The summed E-state index contributed by atoms with van der Waals surface area (Å²) in [5.41, 5.74) is 10.5. The van der Waals surface area contributed by atoms with Gasteiger partial charge in [-0.2, -0.15) is 0 Å². The Hall–Kier alpha value is -5.53. The molecule has 0 aliphatic rings. The molecule has 9 aromatic rings. The van der Waals surface area contributed by atoms with Crippen LogP contribution in [0.4, 0.5) is 4.39 Å². The first-order valence-corrected chi connectivity index (χ1v) is 23.2. The molecule has 0 spiro atoms. The maximum atomic E-state index is 13.2. The molecule has 5 aromatic carbocycles. The summed E-state index contributed by atoms with van der Waals surface area (Å²) in [7, 11) is -1.42. The van der Waals surface area contributed by atoms with E-state index in [0.717, 1.165) is 27.5 Å². The monoisotopic (exact) mass is 974 g/mol. The summed E-state index contributed by atoms with van der Waals surface area (Å²) in [6, 6.07) is 45.6. The van der Waals surface area contributed by atoms with Crippen molar-refractivity contribution >= 4 is 46.4 Å². The molecule has 299 valence electrons. The molecule has 0 unspecified atom stereocenters. The van der Waals surface area contributed by atoms with Crippen LogP contribution in [-0.2, 0) is 20.1 Å². The Balaban J connectivity index is 0.000000352. The second kappa shape index (κ2) is 17.0. The molecular weight excluding hydrogens is 924 g/mol. The predicted molar refractivity (Wildman–Crippen MR) is 240 cm³/mol. The molecule has 5 nitrogen and oxygen atoms in total. The molecule has 4 aromatic heterocycles. The van der Waals surface area contributed by atoms with Crippen molar-refractivity contribution < 1.29 is 33.0 Å². The van der Waals surface area contributed by atoms with Gasteiger partial charge in [-0.05, 0) is 89.1 Å². The number of imidazole rings is 1. The van der Waals surface area contributed by atoms with E-state index >= 15 is 0 Å². The van der Waals surface area contributed by atoms with E-state index in [1.54, 1.807) is 42.6 Å². The topological polar surface area (TPSA) is 56.7 Å². The Morgan fingerprint density at radius 1 is 0.729 bits per heavy atom. The molecule has 9 rings (SSSR count). The van der Waals surface area contributed by atoms with Crippen LogP contribution in [-0.4, -0.2) is 27.6 Å². The smallest absolute Gasteiger partial charge is 0.216 e. The first-order chi connectivity index (χ1) is 29.1. The van der Waals surface area contributed by atoms with Gasteiger partial charge in [0.2, 0.25) is 5.71 Å². The van der Waals surface area contributed by atoms with Crippen LogP contribution in [0.5, 0.6) is 0 Å². The third-order valence-corrected chi connectivity index (χ3v) is 12.6. The number of pyridine rings is 2. The van der Waals surface area contributed by atoms with E-state index in [1.807, 2.05) is 30.3 Å². The van der Waals surface area contributed by atoms with Gasteiger partial charge in [0, 0.05) is 53.0 Å². The third kappa shape index (κ3) is 8.22. The van der Waals surface area contributed by atoms with Gasteiger partial charge in [-0.15, -0.1) is 42.5 Å². The van der Waals surface area contributed by atoms with Gasteiger partial charge in [-0.1, -0.05) is 118 Å². The summed E-state index contributed by atoms with van der Waals surface area (Å²) in [4.78, 5) is 13.7. The quantitative estimate of drug-likeness (QED) is 0.118. The summed E-state index contributed by atoms with van der Waals surface area (Å²) in [6.45, 7) is 13.8. The second-order valence-electron chi connectivity index (χ2n) is 16.3. The molecule has 0 saturated carbocycles. The summed E-state index contributed by atoms with van der Waals surface area (Å²) in [5.74, 6) is 0.872. The van der Waals surface area contributed by atoms with Crippen molar-refractivity contribution in [3.05, 3.63) is 162 Å². The van der Waals surface area contributed by atoms with Gasteiger partial charge in [0.25, 0.3) is 0 Å². The molecule has 59 heavy (non-hydrogen) atoms. The zero-order valence-corrected chi connectivity index (χ0v) is 37.6. The van der Waals surface area contributed by atoms with Gasteiger partial charge in [-0.3, -0.25) is 9.37 Å². The van der Waals surface area contributed by atoms with Crippen LogP contribution in [0.1, 0.15) is 60.5 Å². The van der Waals surface area contributed by atoms with E-state index in [4.69, 9.17) is 13.5 Å². The Kier molecular flexibility index (Phi) is 10.9. The number of furan rings is 1. The average molecular weight is 974 g/mol. The molecule has 0 N–H and O–H groups in total. The Labute approximate surface area is 365 Å². The van der Waals surface area contributed by atoms with Crippen molar-refractivity contribution in [3.63, 3.8) is 0 Å². The zero-order chi connectivity index (χ0) is 43.2.